The number of methoxy groups -OCH3 is 1. The van der Waals surface area contributed by atoms with Gasteiger partial charge in [-0.25, -0.2) is 9.59 Å². The van der Waals surface area contributed by atoms with Crippen molar-refractivity contribution in [2.75, 3.05) is 20.3 Å². The molecule has 1 aliphatic carbocycles. The Morgan fingerprint density at radius 3 is 2.40 bits per heavy atom. The molecule has 1 unspecified atom stereocenters. The zero-order valence-corrected chi connectivity index (χ0v) is 12.6. The van der Waals surface area contributed by atoms with Crippen LogP contribution in [0.2, 0.25) is 0 Å². The van der Waals surface area contributed by atoms with Gasteiger partial charge in [-0.3, -0.25) is 0 Å². The summed E-state index contributed by atoms with van der Waals surface area (Å²) in [5.41, 5.74) is -1.10. The van der Waals surface area contributed by atoms with Gasteiger partial charge in [0.25, 0.3) is 0 Å². The highest BCUT2D eigenvalue weighted by Gasteiger charge is 2.42. The number of likely N-dealkylation sites (N-methyl/N-ethyl adjacent to an activating group) is 1. The summed E-state index contributed by atoms with van der Waals surface area (Å²) in [7, 11) is 1.59. The van der Waals surface area contributed by atoms with Crippen LogP contribution in [0.25, 0.3) is 0 Å². The quantitative estimate of drug-likeness (QED) is 0.781. The summed E-state index contributed by atoms with van der Waals surface area (Å²) in [5.74, 6) is -0.930. The second-order valence-electron chi connectivity index (χ2n) is 5.47. The Kier molecular flexibility index (Phi) is 6.26. The van der Waals surface area contributed by atoms with Crippen molar-refractivity contribution in [3.63, 3.8) is 0 Å². The molecule has 0 saturated heterocycles. The van der Waals surface area contributed by atoms with Gasteiger partial charge in [0.05, 0.1) is 12.6 Å². The number of hydrogen-bond donors (Lipinski definition) is 2. The molecule has 0 aromatic heterocycles. The predicted octanol–water partition coefficient (Wildman–Crippen LogP) is 1.84. The third-order valence-corrected chi connectivity index (χ3v) is 4.00. The minimum absolute atomic E-state index is 0.0839. The Hall–Kier alpha value is -1.30. The van der Waals surface area contributed by atoms with E-state index in [4.69, 9.17) is 4.74 Å². The van der Waals surface area contributed by atoms with Gasteiger partial charge in [-0.15, -0.1) is 0 Å². The molecular weight excluding hydrogens is 260 g/mol. The molecule has 0 heterocycles. The second-order valence-corrected chi connectivity index (χ2v) is 5.47. The number of carbonyl (C=O) groups excluding carboxylic acids is 1. The largest absolute Gasteiger partial charge is 0.480 e. The van der Waals surface area contributed by atoms with Crippen molar-refractivity contribution in [2.45, 2.75) is 57.5 Å². The van der Waals surface area contributed by atoms with Crippen LogP contribution < -0.4 is 5.32 Å². The van der Waals surface area contributed by atoms with Gasteiger partial charge in [0, 0.05) is 13.7 Å². The van der Waals surface area contributed by atoms with E-state index in [1.54, 1.807) is 12.0 Å². The van der Waals surface area contributed by atoms with Crippen molar-refractivity contribution >= 4 is 12.0 Å². The lowest BCUT2D eigenvalue weighted by Gasteiger charge is -2.37. The molecule has 1 atom stereocenters. The standard InChI is InChI=1S/C14H26N2O4/c1-4-16(11(2)10-20-3)13(19)15-14(12(17)18)8-6-5-7-9-14/h11H,4-10H2,1-3H3,(H,15,19)(H,17,18). The van der Waals surface area contributed by atoms with E-state index in [-0.39, 0.29) is 12.1 Å². The zero-order valence-electron chi connectivity index (χ0n) is 12.6. The van der Waals surface area contributed by atoms with Crippen molar-refractivity contribution in [3.8, 4) is 0 Å². The van der Waals surface area contributed by atoms with Crippen LogP contribution in [0.15, 0.2) is 0 Å². The molecule has 0 spiro atoms. The van der Waals surface area contributed by atoms with Crippen LogP contribution in [-0.4, -0.2) is 53.8 Å². The Labute approximate surface area is 120 Å². The molecular formula is C14H26N2O4. The molecule has 1 fully saturated rings. The normalized spacial score (nSPS) is 19.1. The van der Waals surface area contributed by atoms with Crippen LogP contribution >= 0.6 is 0 Å². The number of ether oxygens (including phenoxy) is 1. The van der Waals surface area contributed by atoms with Gasteiger partial charge in [-0.1, -0.05) is 19.3 Å². The maximum absolute atomic E-state index is 12.4. The smallest absolute Gasteiger partial charge is 0.329 e. The number of rotatable bonds is 6. The van der Waals surface area contributed by atoms with Crippen molar-refractivity contribution < 1.29 is 19.4 Å². The molecule has 1 rings (SSSR count). The lowest BCUT2D eigenvalue weighted by molar-refractivity contribution is -0.146. The van der Waals surface area contributed by atoms with Crippen LogP contribution in [-0.2, 0) is 9.53 Å². The van der Waals surface area contributed by atoms with Gasteiger partial charge >= 0.3 is 12.0 Å². The van der Waals surface area contributed by atoms with Gasteiger partial charge in [-0.2, -0.15) is 0 Å². The fourth-order valence-electron chi connectivity index (χ4n) is 2.81. The number of nitrogens with zero attached hydrogens (tertiary/aromatic N) is 1. The van der Waals surface area contributed by atoms with Crippen LogP contribution in [0, 0.1) is 0 Å². The van der Waals surface area contributed by atoms with Gasteiger partial charge in [0.1, 0.15) is 5.54 Å². The third-order valence-electron chi connectivity index (χ3n) is 4.00. The van der Waals surface area contributed by atoms with Crippen molar-refractivity contribution in [3.05, 3.63) is 0 Å². The van der Waals surface area contributed by atoms with E-state index in [2.05, 4.69) is 5.32 Å². The first-order chi connectivity index (χ1) is 9.46. The summed E-state index contributed by atoms with van der Waals surface area (Å²) in [5, 5.41) is 12.2. The minimum atomic E-state index is -1.10. The summed E-state index contributed by atoms with van der Waals surface area (Å²) >= 11 is 0. The first-order valence-corrected chi connectivity index (χ1v) is 7.28. The third kappa shape index (κ3) is 3.85. The first kappa shape index (κ1) is 16.8. The van der Waals surface area contributed by atoms with Crippen molar-refractivity contribution in [2.24, 2.45) is 0 Å². The molecule has 20 heavy (non-hydrogen) atoms. The predicted molar refractivity (Wildman–Crippen MR) is 75.7 cm³/mol. The highest BCUT2D eigenvalue weighted by atomic mass is 16.5. The van der Waals surface area contributed by atoms with Gasteiger partial charge < -0.3 is 20.1 Å². The van der Waals surface area contributed by atoms with Crippen LogP contribution in [0.5, 0.6) is 0 Å². The maximum Gasteiger partial charge on any atom is 0.329 e. The molecule has 0 aliphatic heterocycles. The first-order valence-electron chi connectivity index (χ1n) is 7.28. The van der Waals surface area contributed by atoms with Crippen molar-refractivity contribution in [1.29, 1.82) is 0 Å². The number of carbonyl (C=O) groups is 2. The Balaban J connectivity index is 2.76. The SMILES string of the molecule is CCN(C(=O)NC1(C(=O)O)CCCCC1)C(C)COC. The topological polar surface area (TPSA) is 78.9 Å². The number of urea groups is 1. The lowest BCUT2D eigenvalue weighted by atomic mass is 9.82. The Morgan fingerprint density at radius 1 is 1.35 bits per heavy atom. The van der Waals surface area contributed by atoms with Crippen LogP contribution in [0.1, 0.15) is 46.0 Å². The molecule has 6 nitrogen and oxygen atoms in total. The summed E-state index contributed by atoms with van der Waals surface area (Å²) < 4.78 is 5.06. The second kappa shape index (κ2) is 7.47. The lowest BCUT2D eigenvalue weighted by Crippen LogP contribution is -2.60. The number of nitrogens with one attached hydrogen (secondary N) is 1. The number of carboxylic acids is 1. The van der Waals surface area contributed by atoms with Crippen LogP contribution in [0.3, 0.4) is 0 Å². The molecule has 0 bridgehead atoms. The molecule has 0 aromatic carbocycles. The van der Waals surface area contributed by atoms with Gasteiger partial charge in [0.2, 0.25) is 0 Å². The molecule has 2 N–H and O–H groups in total. The average Bonchev–Trinajstić information content (AvgIpc) is 2.40. The van der Waals surface area contributed by atoms with E-state index >= 15 is 0 Å². The van der Waals surface area contributed by atoms with E-state index in [0.717, 1.165) is 19.3 Å². The van der Waals surface area contributed by atoms with E-state index in [9.17, 15) is 14.7 Å². The summed E-state index contributed by atoms with van der Waals surface area (Å²) in [6, 6.07) is -0.402. The van der Waals surface area contributed by atoms with E-state index < -0.39 is 11.5 Å². The molecule has 0 aromatic rings. The number of carboxylic acid groups (broad SMARTS) is 1. The number of amides is 2. The average molecular weight is 286 g/mol. The fraction of sp³-hybridized carbons (Fsp3) is 0.857. The van der Waals surface area contributed by atoms with E-state index in [1.165, 1.54) is 0 Å². The molecule has 1 saturated carbocycles. The summed E-state index contributed by atoms with van der Waals surface area (Å²) in [4.78, 5) is 25.5. The van der Waals surface area contributed by atoms with Gasteiger partial charge in [0.15, 0.2) is 0 Å². The zero-order chi connectivity index (χ0) is 15.2. The summed E-state index contributed by atoms with van der Waals surface area (Å²) in [6.07, 6.45) is 3.72. The summed E-state index contributed by atoms with van der Waals surface area (Å²) in [6.45, 7) is 4.72. The van der Waals surface area contributed by atoms with E-state index in [0.29, 0.717) is 26.0 Å². The highest BCUT2D eigenvalue weighted by molar-refractivity contribution is 5.86. The van der Waals surface area contributed by atoms with Crippen LogP contribution in [0.4, 0.5) is 4.79 Å². The molecule has 1 aliphatic rings. The maximum atomic E-state index is 12.4. The Morgan fingerprint density at radius 2 is 1.95 bits per heavy atom. The molecule has 0 radical (unpaired) electrons. The van der Waals surface area contributed by atoms with Gasteiger partial charge in [-0.05, 0) is 26.7 Å². The Bertz CT molecular complexity index is 340. The fourth-order valence-corrected chi connectivity index (χ4v) is 2.81. The van der Waals surface area contributed by atoms with E-state index in [1.807, 2.05) is 13.8 Å². The number of hydrogen-bond acceptors (Lipinski definition) is 3. The van der Waals surface area contributed by atoms with Crippen molar-refractivity contribution in [1.82, 2.24) is 10.2 Å². The molecule has 116 valence electrons. The molecule has 6 heteroatoms. The highest BCUT2D eigenvalue weighted by Crippen LogP contribution is 2.28. The number of aliphatic carboxylic acids is 1. The molecule has 2 amide bonds. The monoisotopic (exact) mass is 286 g/mol. The minimum Gasteiger partial charge on any atom is -0.480 e.